The van der Waals surface area contributed by atoms with Crippen LogP contribution in [0.3, 0.4) is 0 Å². The molecule has 0 bridgehead atoms. The maximum absolute atomic E-state index is 5.41. The zero-order valence-corrected chi connectivity index (χ0v) is 12.6. The van der Waals surface area contributed by atoms with Crippen LogP contribution in [0.1, 0.15) is 32.6 Å². The minimum Gasteiger partial charge on any atom is -0.300 e. The average molecular weight is 288 g/mol. The normalized spacial score (nSPS) is 22.9. The Kier molecular flexibility index (Phi) is 3.96. The first-order chi connectivity index (χ1) is 9.75. The van der Waals surface area contributed by atoms with Crippen LogP contribution in [0, 0.1) is 16.6 Å². The number of aromatic nitrogens is 4. The molecule has 1 saturated carbocycles. The van der Waals surface area contributed by atoms with E-state index in [-0.39, 0.29) is 0 Å². The Labute approximate surface area is 124 Å². The maximum atomic E-state index is 5.41. The van der Waals surface area contributed by atoms with Crippen LogP contribution >= 0.6 is 12.2 Å². The van der Waals surface area contributed by atoms with E-state index >= 15 is 0 Å². The highest BCUT2D eigenvalue weighted by Gasteiger charge is 2.23. The molecular formula is C15H20N4S. The van der Waals surface area contributed by atoms with Gasteiger partial charge >= 0.3 is 0 Å². The van der Waals surface area contributed by atoms with Gasteiger partial charge in [-0.25, -0.2) is 0 Å². The summed E-state index contributed by atoms with van der Waals surface area (Å²) in [4.78, 5) is 4.06. The number of pyridine rings is 1. The topological polar surface area (TPSA) is 46.5 Å². The van der Waals surface area contributed by atoms with Gasteiger partial charge in [-0.2, -0.15) is 5.10 Å². The molecule has 106 valence electrons. The van der Waals surface area contributed by atoms with Gasteiger partial charge in [-0.15, -0.1) is 0 Å². The maximum Gasteiger partial charge on any atom is 0.195 e. The summed E-state index contributed by atoms with van der Waals surface area (Å²) in [5, 5.41) is 7.33. The van der Waals surface area contributed by atoms with Crippen LogP contribution in [0.25, 0.3) is 11.4 Å². The molecule has 5 heteroatoms. The van der Waals surface area contributed by atoms with Crippen LogP contribution in [0.5, 0.6) is 0 Å². The van der Waals surface area contributed by atoms with Crippen LogP contribution in [0.15, 0.2) is 24.5 Å². The fourth-order valence-corrected chi connectivity index (χ4v) is 3.31. The number of nitrogens with one attached hydrogen (secondary N) is 1. The van der Waals surface area contributed by atoms with Crippen molar-refractivity contribution in [2.75, 3.05) is 0 Å². The molecule has 3 rings (SSSR count). The second kappa shape index (κ2) is 5.87. The Morgan fingerprint density at radius 3 is 2.80 bits per heavy atom. The molecule has 2 aromatic rings. The molecule has 0 aromatic carbocycles. The second-order valence-corrected chi connectivity index (χ2v) is 6.11. The Balaban J connectivity index is 1.90. The molecule has 0 saturated heterocycles. The minimum atomic E-state index is 0.702. The molecule has 0 spiro atoms. The van der Waals surface area contributed by atoms with Crippen molar-refractivity contribution in [2.45, 2.75) is 39.2 Å². The van der Waals surface area contributed by atoms with E-state index in [1.165, 1.54) is 25.7 Å². The van der Waals surface area contributed by atoms with Crippen LogP contribution in [0.4, 0.5) is 0 Å². The summed E-state index contributed by atoms with van der Waals surface area (Å²) in [5.74, 6) is 2.40. The lowest BCUT2D eigenvalue weighted by molar-refractivity contribution is 0.228. The van der Waals surface area contributed by atoms with Crippen LogP contribution in [0.2, 0.25) is 0 Å². The highest BCUT2D eigenvalue weighted by atomic mass is 32.1. The standard InChI is InChI=1S/C15H20N4S/c1-11-4-2-3-5-13(11)10-19-14(17-18-15(19)20)12-6-8-16-9-7-12/h6-9,11,13H,2-5,10H2,1H3,(H,18,20). The van der Waals surface area contributed by atoms with Gasteiger partial charge in [0.05, 0.1) is 0 Å². The Hall–Kier alpha value is -1.49. The number of rotatable bonds is 3. The molecule has 4 nitrogen and oxygen atoms in total. The van der Waals surface area contributed by atoms with Gasteiger partial charge in [0.15, 0.2) is 10.6 Å². The van der Waals surface area contributed by atoms with Crippen molar-refractivity contribution in [3.8, 4) is 11.4 Å². The molecule has 1 aliphatic carbocycles. The zero-order valence-electron chi connectivity index (χ0n) is 11.7. The van der Waals surface area contributed by atoms with E-state index in [1.807, 2.05) is 12.1 Å². The lowest BCUT2D eigenvalue weighted by Gasteiger charge is -2.29. The van der Waals surface area contributed by atoms with Crippen molar-refractivity contribution in [3.63, 3.8) is 0 Å². The Morgan fingerprint density at radius 2 is 2.05 bits per heavy atom. The number of hydrogen-bond donors (Lipinski definition) is 1. The van der Waals surface area contributed by atoms with Gasteiger partial charge in [-0.3, -0.25) is 14.6 Å². The lowest BCUT2D eigenvalue weighted by atomic mass is 9.80. The predicted molar refractivity (Wildman–Crippen MR) is 81.8 cm³/mol. The van der Waals surface area contributed by atoms with E-state index in [2.05, 4.69) is 26.7 Å². The molecule has 20 heavy (non-hydrogen) atoms. The summed E-state index contributed by atoms with van der Waals surface area (Å²) < 4.78 is 2.87. The zero-order chi connectivity index (χ0) is 13.9. The summed E-state index contributed by atoms with van der Waals surface area (Å²) in [6.07, 6.45) is 8.92. The van der Waals surface area contributed by atoms with E-state index in [4.69, 9.17) is 12.2 Å². The Bertz CT molecular complexity index is 616. The molecule has 1 aliphatic rings. The van der Waals surface area contributed by atoms with Crippen molar-refractivity contribution in [2.24, 2.45) is 11.8 Å². The largest absolute Gasteiger partial charge is 0.300 e. The average Bonchev–Trinajstić information content (AvgIpc) is 2.84. The highest BCUT2D eigenvalue weighted by molar-refractivity contribution is 7.71. The van der Waals surface area contributed by atoms with E-state index in [0.29, 0.717) is 5.92 Å². The number of hydrogen-bond acceptors (Lipinski definition) is 3. The molecular weight excluding hydrogens is 268 g/mol. The van der Waals surface area contributed by atoms with Crippen molar-refractivity contribution in [3.05, 3.63) is 29.3 Å². The second-order valence-electron chi connectivity index (χ2n) is 5.72. The van der Waals surface area contributed by atoms with Crippen LogP contribution < -0.4 is 0 Å². The summed E-state index contributed by atoms with van der Waals surface area (Å²) in [5.41, 5.74) is 1.07. The van der Waals surface area contributed by atoms with Gasteiger partial charge in [0, 0.05) is 24.5 Å². The molecule has 0 amide bonds. The van der Waals surface area contributed by atoms with Crippen molar-refractivity contribution < 1.29 is 0 Å². The quantitative estimate of drug-likeness (QED) is 0.873. The first-order valence-electron chi connectivity index (χ1n) is 7.31. The van der Waals surface area contributed by atoms with E-state index in [0.717, 1.165) is 28.6 Å². The van der Waals surface area contributed by atoms with Crippen LogP contribution in [-0.2, 0) is 6.54 Å². The first kappa shape index (κ1) is 13.5. The van der Waals surface area contributed by atoms with Gasteiger partial charge in [0.2, 0.25) is 0 Å². The number of H-pyrrole nitrogens is 1. The first-order valence-corrected chi connectivity index (χ1v) is 7.72. The van der Waals surface area contributed by atoms with E-state index in [9.17, 15) is 0 Å². The monoisotopic (exact) mass is 288 g/mol. The highest BCUT2D eigenvalue weighted by Crippen LogP contribution is 2.31. The van der Waals surface area contributed by atoms with Crippen LogP contribution in [-0.4, -0.2) is 19.7 Å². The van der Waals surface area contributed by atoms with E-state index in [1.54, 1.807) is 12.4 Å². The van der Waals surface area contributed by atoms with Gasteiger partial charge in [-0.1, -0.05) is 26.2 Å². The third kappa shape index (κ3) is 2.68. The molecule has 2 heterocycles. The number of aromatic amines is 1. The number of nitrogens with zero attached hydrogens (tertiary/aromatic N) is 3. The fourth-order valence-electron chi connectivity index (χ4n) is 3.11. The lowest BCUT2D eigenvalue weighted by Crippen LogP contribution is -2.22. The Morgan fingerprint density at radius 1 is 1.30 bits per heavy atom. The summed E-state index contributed by atoms with van der Waals surface area (Å²) in [6, 6.07) is 3.96. The molecule has 2 unspecified atom stereocenters. The predicted octanol–water partition coefficient (Wildman–Crippen LogP) is 3.83. The molecule has 2 atom stereocenters. The summed E-state index contributed by atoms with van der Waals surface area (Å²) in [7, 11) is 0. The summed E-state index contributed by atoms with van der Waals surface area (Å²) in [6.45, 7) is 3.33. The molecule has 1 fully saturated rings. The van der Waals surface area contributed by atoms with Gasteiger partial charge in [0.1, 0.15) is 0 Å². The van der Waals surface area contributed by atoms with E-state index < -0.39 is 0 Å². The van der Waals surface area contributed by atoms with Crippen molar-refractivity contribution in [1.82, 2.24) is 19.7 Å². The molecule has 2 aromatic heterocycles. The van der Waals surface area contributed by atoms with Crippen molar-refractivity contribution in [1.29, 1.82) is 0 Å². The third-order valence-electron chi connectivity index (χ3n) is 4.40. The SMILES string of the molecule is CC1CCCCC1Cn1c(-c2ccncc2)n[nH]c1=S. The smallest absolute Gasteiger partial charge is 0.195 e. The fraction of sp³-hybridized carbons (Fsp3) is 0.533. The van der Waals surface area contributed by atoms with Gasteiger partial charge in [0.25, 0.3) is 0 Å². The molecule has 0 aliphatic heterocycles. The summed E-state index contributed by atoms with van der Waals surface area (Å²) >= 11 is 5.41. The van der Waals surface area contributed by atoms with Crippen molar-refractivity contribution >= 4 is 12.2 Å². The molecule has 0 radical (unpaired) electrons. The van der Waals surface area contributed by atoms with Gasteiger partial charge < -0.3 is 0 Å². The third-order valence-corrected chi connectivity index (χ3v) is 4.71. The molecule has 1 N–H and O–H groups in total. The minimum absolute atomic E-state index is 0.702. The van der Waals surface area contributed by atoms with Gasteiger partial charge in [-0.05, 0) is 42.6 Å².